The van der Waals surface area contributed by atoms with E-state index in [0.717, 1.165) is 11.8 Å². The molecule has 0 aliphatic heterocycles. The van der Waals surface area contributed by atoms with E-state index in [9.17, 15) is 19.2 Å². The van der Waals surface area contributed by atoms with Crippen molar-refractivity contribution in [2.45, 2.75) is 19.8 Å². The fraction of sp³-hybridized carbons (Fsp3) is 0.556. The minimum absolute atomic E-state index is 0.00331. The van der Waals surface area contributed by atoms with Gasteiger partial charge in [-0.1, -0.05) is 11.8 Å². The molecule has 0 heterocycles. The molecule has 0 bridgehead atoms. The molecule has 16 heavy (non-hydrogen) atoms. The van der Waals surface area contributed by atoms with Gasteiger partial charge in [0.1, 0.15) is 0 Å². The first-order chi connectivity index (χ1) is 7.45. The Bertz CT molecular complexity index is 302. The number of nitrogens with one attached hydrogen (secondary N) is 1. The van der Waals surface area contributed by atoms with Gasteiger partial charge in [-0.3, -0.25) is 24.5 Å². The van der Waals surface area contributed by atoms with E-state index in [1.807, 2.05) is 5.32 Å². The molecule has 0 aromatic heterocycles. The number of thioether (sulfide) groups is 1. The van der Waals surface area contributed by atoms with Crippen LogP contribution in [0.15, 0.2) is 0 Å². The molecule has 0 fully saturated rings. The molecule has 7 heteroatoms. The number of imide groups is 1. The highest BCUT2D eigenvalue weighted by molar-refractivity contribution is 8.14. The fourth-order valence-electron chi connectivity index (χ4n) is 0.757. The van der Waals surface area contributed by atoms with Crippen LogP contribution in [0.3, 0.4) is 0 Å². The zero-order valence-electron chi connectivity index (χ0n) is 9.07. The first-order valence-electron chi connectivity index (χ1n) is 4.48. The molecule has 0 rings (SSSR count). The second-order valence-corrected chi connectivity index (χ2v) is 3.87. The number of amides is 2. The number of methoxy groups -OCH3 is 1. The van der Waals surface area contributed by atoms with Crippen LogP contribution in [0.2, 0.25) is 0 Å². The standard InChI is InChI=1S/C9H13NO5S/c1-6(11)10-7(12)5-16-9(14)4-3-8(13)15-2/h3-5H2,1-2H3,(H,10,11,12). The van der Waals surface area contributed by atoms with Crippen LogP contribution in [0.25, 0.3) is 0 Å². The van der Waals surface area contributed by atoms with Crippen molar-refractivity contribution < 1.29 is 23.9 Å². The summed E-state index contributed by atoms with van der Waals surface area (Å²) in [6.07, 6.45) is 0.0152. The number of carbonyl (C=O) groups excluding carboxylic acids is 4. The molecule has 1 N–H and O–H groups in total. The highest BCUT2D eigenvalue weighted by atomic mass is 32.2. The third kappa shape index (κ3) is 7.98. The second kappa shape index (κ2) is 7.86. The van der Waals surface area contributed by atoms with Gasteiger partial charge in [0.15, 0.2) is 5.12 Å². The van der Waals surface area contributed by atoms with E-state index in [1.54, 1.807) is 0 Å². The van der Waals surface area contributed by atoms with Crippen LogP contribution in [0.1, 0.15) is 19.8 Å². The monoisotopic (exact) mass is 247 g/mol. The van der Waals surface area contributed by atoms with Crippen LogP contribution in [0.4, 0.5) is 0 Å². The van der Waals surface area contributed by atoms with E-state index in [-0.39, 0.29) is 23.7 Å². The number of ether oxygens (including phenoxy) is 1. The van der Waals surface area contributed by atoms with Gasteiger partial charge in [-0.2, -0.15) is 0 Å². The van der Waals surface area contributed by atoms with E-state index in [4.69, 9.17) is 0 Å². The molecule has 90 valence electrons. The van der Waals surface area contributed by atoms with Gasteiger partial charge in [-0.25, -0.2) is 0 Å². The molecule has 0 aromatic carbocycles. The number of rotatable bonds is 5. The lowest BCUT2D eigenvalue weighted by Gasteiger charge is -2.00. The number of carbonyl (C=O) groups is 4. The van der Waals surface area contributed by atoms with E-state index >= 15 is 0 Å². The maximum Gasteiger partial charge on any atom is 0.305 e. The van der Waals surface area contributed by atoms with Crippen LogP contribution >= 0.6 is 11.8 Å². The van der Waals surface area contributed by atoms with Crippen molar-refractivity contribution in [1.29, 1.82) is 0 Å². The minimum atomic E-state index is -0.524. The van der Waals surface area contributed by atoms with Crippen LogP contribution in [0.5, 0.6) is 0 Å². The third-order valence-corrected chi connectivity index (χ3v) is 2.37. The van der Waals surface area contributed by atoms with Gasteiger partial charge < -0.3 is 4.74 Å². The first-order valence-corrected chi connectivity index (χ1v) is 5.47. The Hall–Kier alpha value is -1.37. The van der Waals surface area contributed by atoms with E-state index < -0.39 is 17.8 Å². The Kier molecular flexibility index (Phi) is 7.19. The average molecular weight is 247 g/mol. The Labute approximate surface area is 97.1 Å². The molecule has 0 aromatic rings. The predicted octanol–water partition coefficient (Wildman–Crippen LogP) is -0.138. The van der Waals surface area contributed by atoms with Crippen molar-refractivity contribution in [2.24, 2.45) is 0 Å². The summed E-state index contributed by atoms with van der Waals surface area (Å²) >= 11 is 0.768. The summed E-state index contributed by atoms with van der Waals surface area (Å²) in [6, 6.07) is 0. The lowest BCUT2D eigenvalue weighted by atomic mass is 10.3. The largest absolute Gasteiger partial charge is 0.469 e. The molecule has 6 nitrogen and oxygen atoms in total. The quantitative estimate of drug-likeness (QED) is 0.680. The SMILES string of the molecule is COC(=O)CCC(=O)SCC(=O)NC(C)=O. The lowest BCUT2D eigenvalue weighted by molar-refractivity contribution is -0.141. The fourth-order valence-corrected chi connectivity index (χ4v) is 1.37. The van der Waals surface area contributed by atoms with Crippen LogP contribution in [-0.4, -0.2) is 35.8 Å². The molecule has 0 atom stereocenters. The molecular weight excluding hydrogens is 234 g/mol. The van der Waals surface area contributed by atoms with Crippen molar-refractivity contribution in [3.05, 3.63) is 0 Å². The topological polar surface area (TPSA) is 89.5 Å². The molecule has 0 saturated heterocycles. The Morgan fingerprint density at radius 3 is 2.31 bits per heavy atom. The Morgan fingerprint density at radius 1 is 1.19 bits per heavy atom. The van der Waals surface area contributed by atoms with E-state index in [2.05, 4.69) is 4.74 Å². The maximum atomic E-state index is 11.1. The highest BCUT2D eigenvalue weighted by Gasteiger charge is 2.10. The number of hydrogen-bond acceptors (Lipinski definition) is 6. The van der Waals surface area contributed by atoms with Crippen molar-refractivity contribution in [1.82, 2.24) is 5.32 Å². The van der Waals surface area contributed by atoms with Crippen LogP contribution < -0.4 is 5.32 Å². The summed E-state index contributed by atoms with van der Waals surface area (Å²) in [6.45, 7) is 1.21. The van der Waals surface area contributed by atoms with Crippen molar-refractivity contribution >= 4 is 34.7 Å². The summed E-state index contributed by atoms with van der Waals surface area (Å²) in [5.74, 6) is -1.58. The average Bonchev–Trinajstić information content (AvgIpc) is 2.22. The van der Waals surface area contributed by atoms with Gasteiger partial charge in [-0.05, 0) is 0 Å². The normalized spacial score (nSPS) is 9.38. The molecule has 0 spiro atoms. The molecule has 0 aliphatic carbocycles. The highest BCUT2D eigenvalue weighted by Crippen LogP contribution is 2.07. The summed E-state index contributed by atoms with van der Waals surface area (Å²) < 4.78 is 4.35. The van der Waals surface area contributed by atoms with Crippen molar-refractivity contribution in [3.8, 4) is 0 Å². The first kappa shape index (κ1) is 14.6. The molecule has 0 saturated carbocycles. The zero-order chi connectivity index (χ0) is 12.6. The van der Waals surface area contributed by atoms with Crippen LogP contribution in [0, 0.1) is 0 Å². The molecular formula is C9H13NO5S. The van der Waals surface area contributed by atoms with Gasteiger partial charge in [0.2, 0.25) is 11.8 Å². The van der Waals surface area contributed by atoms with Gasteiger partial charge in [0.05, 0.1) is 19.3 Å². The second-order valence-electron chi connectivity index (χ2n) is 2.84. The Morgan fingerprint density at radius 2 is 1.81 bits per heavy atom. The zero-order valence-corrected chi connectivity index (χ0v) is 9.89. The van der Waals surface area contributed by atoms with Gasteiger partial charge >= 0.3 is 5.97 Å². The number of esters is 1. The van der Waals surface area contributed by atoms with E-state index in [0.29, 0.717) is 0 Å². The summed E-state index contributed by atoms with van der Waals surface area (Å²) in [4.78, 5) is 43.3. The maximum absolute atomic E-state index is 11.1. The molecule has 0 radical (unpaired) electrons. The van der Waals surface area contributed by atoms with Gasteiger partial charge in [0, 0.05) is 13.3 Å². The lowest BCUT2D eigenvalue weighted by Crippen LogP contribution is -2.29. The van der Waals surface area contributed by atoms with E-state index in [1.165, 1.54) is 14.0 Å². The summed E-state index contributed by atoms with van der Waals surface area (Å²) in [5, 5.41) is 1.74. The molecule has 0 aliphatic rings. The van der Waals surface area contributed by atoms with Crippen molar-refractivity contribution in [2.75, 3.05) is 12.9 Å². The molecule has 0 unspecified atom stereocenters. The summed E-state index contributed by atoms with van der Waals surface area (Å²) in [7, 11) is 1.24. The van der Waals surface area contributed by atoms with Crippen molar-refractivity contribution in [3.63, 3.8) is 0 Å². The summed E-state index contributed by atoms with van der Waals surface area (Å²) in [5.41, 5.74) is 0. The minimum Gasteiger partial charge on any atom is -0.469 e. The smallest absolute Gasteiger partial charge is 0.305 e. The Balaban J connectivity index is 3.69. The van der Waals surface area contributed by atoms with Gasteiger partial charge in [0.25, 0.3) is 0 Å². The third-order valence-electron chi connectivity index (χ3n) is 1.44. The van der Waals surface area contributed by atoms with Crippen LogP contribution in [-0.2, 0) is 23.9 Å². The predicted molar refractivity (Wildman–Crippen MR) is 57.5 cm³/mol. The molecule has 2 amide bonds. The number of hydrogen-bond donors (Lipinski definition) is 1. The van der Waals surface area contributed by atoms with Gasteiger partial charge in [-0.15, -0.1) is 0 Å².